The Bertz CT molecular complexity index is 1550. The van der Waals surface area contributed by atoms with Gasteiger partial charge in [-0.1, -0.05) is 71.4 Å². The van der Waals surface area contributed by atoms with Gasteiger partial charge in [0.1, 0.15) is 18.0 Å². The first-order chi connectivity index (χ1) is 27.7. The summed E-state index contributed by atoms with van der Waals surface area (Å²) in [6.07, 6.45) is 0.486. The molecule has 0 saturated carbocycles. The molecule has 1 unspecified atom stereocenters. The molecule has 59 heavy (non-hydrogen) atoms. The molecule has 17 heteroatoms. The van der Waals surface area contributed by atoms with Crippen molar-refractivity contribution in [3.8, 4) is 0 Å². The topological polar surface area (TPSA) is 199 Å². The van der Waals surface area contributed by atoms with Gasteiger partial charge in [0.25, 0.3) is 0 Å². The van der Waals surface area contributed by atoms with E-state index in [1.807, 2.05) is 71.8 Å². The molecule has 4 amide bonds. The predicted octanol–water partition coefficient (Wildman–Crippen LogP) is 2.83. The zero-order valence-corrected chi connectivity index (χ0v) is 38.6. The van der Waals surface area contributed by atoms with Gasteiger partial charge in [0.2, 0.25) is 31.0 Å². The SMILES string of the molecule is CC[C@H](C)[C@@H]([C@@H](CC(=O)N1CCC[C@H]1[C@H](OC)[C@@H](C)C(=O)N[C@@H](Cc1ccccc1)P(=O)(O)CC(=O)NCCCN)OC)N(C)C(=O)[C@@H](N=C(N(C)C)N(C)C)C(C)C. The lowest BCUT2D eigenvalue weighted by atomic mass is 9.89. The highest BCUT2D eigenvalue weighted by Crippen LogP contribution is 2.46. The lowest BCUT2D eigenvalue weighted by molar-refractivity contribution is -0.146. The molecule has 2 rings (SSSR count). The molecule has 5 N–H and O–H groups in total. The van der Waals surface area contributed by atoms with Crippen LogP contribution >= 0.6 is 7.37 Å². The number of likely N-dealkylation sites (tertiary alicyclic amines) is 1. The van der Waals surface area contributed by atoms with Gasteiger partial charge in [0.05, 0.1) is 36.6 Å². The fourth-order valence-corrected chi connectivity index (χ4v) is 9.46. The van der Waals surface area contributed by atoms with E-state index in [0.29, 0.717) is 43.9 Å². The lowest BCUT2D eigenvalue weighted by Crippen LogP contribution is -2.55. The van der Waals surface area contributed by atoms with Crippen molar-refractivity contribution >= 4 is 37.0 Å². The number of amides is 4. The average molecular weight is 851 g/mol. The summed E-state index contributed by atoms with van der Waals surface area (Å²) in [7, 11) is 8.07. The Hall–Kier alpha value is -3.56. The summed E-state index contributed by atoms with van der Waals surface area (Å²) in [5.41, 5.74) is 6.24. The van der Waals surface area contributed by atoms with Gasteiger partial charge in [-0.15, -0.1) is 0 Å². The number of benzene rings is 1. The largest absolute Gasteiger partial charge is 0.379 e. The van der Waals surface area contributed by atoms with E-state index in [1.165, 1.54) is 7.11 Å². The number of carbonyl (C=O) groups excluding carboxylic acids is 4. The van der Waals surface area contributed by atoms with Crippen LogP contribution in [0.4, 0.5) is 0 Å². The number of ether oxygens (including phenoxy) is 2. The maximum absolute atomic E-state index is 14.3. The number of guanidine groups is 1. The molecule has 1 aromatic carbocycles. The van der Waals surface area contributed by atoms with Crippen LogP contribution in [0.15, 0.2) is 35.3 Å². The summed E-state index contributed by atoms with van der Waals surface area (Å²) < 4.78 is 25.8. The van der Waals surface area contributed by atoms with Gasteiger partial charge >= 0.3 is 0 Å². The summed E-state index contributed by atoms with van der Waals surface area (Å²) >= 11 is 0. The third-order valence-corrected chi connectivity index (χ3v) is 13.4. The summed E-state index contributed by atoms with van der Waals surface area (Å²) in [4.78, 5) is 78.6. The fourth-order valence-electron chi connectivity index (χ4n) is 7.89. The average Bonchev–Trinajstić information content (AvgIpc) is 3.67. The molecule has 1 saturated heterocycles. The molecule has 0 aliphatic carbocycles. The molecule has 1 fully saturated rings. The Morgan fingerprint density at radius 1 is 1.02 bits per heavy atom. The molecule has 0 radical (unpaired) electrons. The van der Waals surface area contributed by atoms with Crippen molar-refractivity contribution in [2.24, 2.45) is 28.5 Å². The van der Waals surface area contributed by atoms with Crippen molar-refractivity contribution in [2.45, 2.75) is 109 Å². The molecule has 0 bridgehead atoms. The molecule has 0 spiro atoms. The standard InChI is InChI=1S/C42H75N8O8P/c1-13-29(4)38(49(10)41(54)37(28(2)3)46-42(47(6)7)48(8)9)33(57-11)26-36(52)50-24-17-21-32(50)39(58-12)30(5)40(53)45-35(25-31-19-15-14-16-20-31)59(55,56)27-34(51)44-23-18-22-43/h14-16,19-20,28-30,32-33,35,37-39H,13,17-18,21-27,43H2,1-12H3,(H,44,51)(H,45,53)(H,55,56)/t29-,30+,32-,33+,35+,37-,38-,39+/m0/s1. The van der Waals surface area contributed by atoms with Crippen LogP contribution in [-0.4, -0.2) is 165 Å². The smallest absolute Gasteiger partial charge is 0.247 e. The first-order valence-corrected chi connectivity index (χ1v) is 22.8. The number of nitrogens with two attached hydrogens (primary N) is 1. The van der Waals surface area contributed by atoms with Gasteiger partial charge in [-0.2, -0.15) is 0 Å². The molecule has 336 valence electrons. The summed E-state index contributed by atoms with van der Waals surface area (Å²) in [6, 6.07) is 7.42. The number of hydrogen-bond acceptors (Lipinski definition) is 9. The number of nitrogens with one attached hydrogen (secondary N) is 2. The van der Waals surface area contributed by atoms with Gasteiger partial charge in [-0.05, 0) is 43.2 Å². The first kappa shape index (κ1) is 51.6. The second-order valence-electron chi connectivity index (χ2n) is 16.6. The van der Waals surface area contributed by atoms with Crippen molar-refractivity contribution in [3.05, 3.63) is 35.9 Å². The van der Waals surface area contributed by atoms with Crippen LogP contribution in [-0.2, 0) is 39.6 Å². The van der Waals surface area contributed by atoms with Crippen LogP contribution in [0.3, 0.4) is 0 Å². The van der Waals surface area contributed by atoms with E-state index in [-0.39, 0.29) is 43.0 Å². The van der Waals surface area contributed by atoms with Crippen molar-refractivity contribution < 1.29 is 38.1 Å². The normalized spacial score (nSPS) is 18.7. The van der Waals surface area contributed by atoms with E-state index < -0.39 is 67.4 Å². The maximum atomic E-state index is 14.3. The van der Waals surface area contributed by atoms with Crippen LogP contribution in [0, 0.1) is 17.8 Å². The van der Waals surface area contributed by atoms with Gasteiger partial charge in [0.15, 0.2) is 5.96 Å². The quantitative estimate of drug-likeness (QED) is 0.0547. The van der Waals surface area contributed by atoms with Crippen LogP contribution in [0.1, 0.15) is 72.3 Å². The third kappa shape index (κ3) is 14.8. The van der Waals surface area contributed by atoms with E-state index in [9.17, 15) is 28.6 Å². The van der Waals surface area contributed by atoms with E-state index in [4.69, 9.17) is 20.2 Å². The monoisotopic (exact) mass is 851 g/mol. The Balaban J connectivity index is 2.36. The lowest BCUT2D eigenvalue weighted by Gasteiger charge is -2.40. The van der Waals surface area contributed by atoms with Crippen molar-refractivity contribution in [1.29, 1.82) is 0 Å². The summed E-state index contributed by atoms with van der Waals surface area (Å²) in [5, 5.41) is 5.42. The highest BCUT2D eigenvalue weighted by Gasteiger charge is 2.44. The van der Waals surface area contributed by atoms with E-state index >= 15 is 0 Å². The van der Waals surface area contributed by atoms with Crippen LogP contribution in [0.5, 0.6) is 0 Å². The number of nitrogens with zero attached hydrogens (tertiary/aromatic N) is 5. The van der Waals surface area contributed by atoms with Gasteiger partial charge in [-0.3, -0.25) is 23.7 Å². The Labute approximate surface area is 353 Å². The van der Waals surface area contributed by atoms with Crippen molar-refractivity contribution in [1.82, 2.24) is 30.2 Å². The van der Waals surface area contributed by atoms with Gasteiger partial charge in [0, 0.05) is 69.0 Å². The number of rotatable bonds is 23. The number of hydrogen-bond donors (Lipinski definition) is 4. The van der Waals surface area contributed by atoms with E-state index in [1.54, 1.807) is 55.1 Å². The zero-order valence-electron chi connectivity index (χ0n) is 37.7. The van der Waals surface area contributed by atoms with Crippen LogP contribution in [0.25, 0.3) is 0 Å². The number of methoxy groups -OCH3 is 2. The van der Waals surface area contributed by atoms with Crippen LogP contribution < -0.4 is 16.4 Å². The highest BCUT2D eigenvalue weighted by atomic mass is 31.2. The van der Waals surface area contributed by atoms with Gasteiger partial charge in [-0.25, -0.2) is 4.99 Å². The second kappa shape index (κ2) is 24.6. The van der Waals surface area contributed by atoms with Gasteiger partial charge < -0.3 is 50.3 Å². The number of aliphatic imine (C=N–C) groups is 1. The zero-order chi connectivity index (χ0) is 44.6. The minimum absolute atomic E-state index is 0.00686. The predicted molar refractivity (Wildman–Crippen MR) is 233 cm³/mol. The van der Waals surface area contributed by atoms with Crippen LogP contribution in [0.2, 0.25) is 0 Å². The molecule has 16 nitrogen and oxygen atoms in total. The molecule has 9 atom stereocenters. The minimum atomic E-state index is -4.28. The third-order valence-electron chi connectivity index (χ3n) is 11.3. The molecule has 1 aliphatic rings. The molecule has 1 aromatic rings. The second-order valence-corrected chi connectivity index (χ2v) is 19.1. The first-order valence-electron chi connectivity index (χ1n) is 20.9. The Kier molecular flexibility index (Phi) is 21.5. The summed E-state index contributed by atoms with van der Waals surface area (Å²) in [5.74, 6) is -3.03. The van der Waals surface area contributed by atoms with E-state index in [2.05, 4.69) is 10.6 Å². The van der Waals surface area contributed by atoms with Crippen molar-refractivity contribution in [3.63, 3.8) is 0 Å². The molecule has 0 aromatic heterocycles. The Morgan fingerprint density at radius 2 is 1.64 bits per heavy atom. The van der Waals surface area contributed by atoms with E-state index in [0.717, 1.165) is 6.42 Å². The highest BCUT2D eigenvalue weighted by molar-refractivity contribution is 7.59. The number of likely N-dealkylation sites (N-methyl/N-ethyl adjacent to an activating group) is 1. The molecular weight excluding hydrogens is 775 g/mol. The number of carbonyl (C=O) groups is 4. The maximum Gasteiger partial charge on any atom is 0.247 e. The fraction of sp³-hybridized carbons (Fsp3) is 0.738. The molecule has 1 heterocycles. The Morgan fingerprint density at radius 3 is 2.17 bits per heavy atom. The summed E-state index contributed by atoms with van der Waals surface area (Å²) in [6.45, 7) is 10.8. The molecule has 1 aliphatic heterocycles. The van der Waals surface area contributed by atoms with Crippen molar-refractivity contribution in [2.75, 3.05) is 75.3 Å². The minimum Gasteiger partial charge on any atom is -0.379 e. The molecular formula is C42H75N8O8P.